The van der Waals surface area contributed by atoms with Gasteiger partial charge >= 0.3 is 0 Å². The maximum Gasteiger partial charge on any atom is 0.224 e. The molecule has 0 N–H and O–H groups in total. The summed E-state index contributed by atoms with van der Waals surface area (Å²) in [6.45, 7) is 9.01. The molecule has 0 radical (unpaired) electrons. The first-order valence-electron chi connectivity index (χ1n) is 3.73. The van der Waals surface area contributed by atoms with E-state index in [2.05, 4.69) is 11.8 Å². The molecule has 1 aliphatic carbocycles. The van der Waals surface area contributed by atoms with E-state index in [9.17, 15) is 0 Å². The van der Waals surface area contributed by atoms with Crippen LogP contribution in [-0.2, 0) is 0 Å². The molecule has 1 saturated carbocycles. The zero-order valence-electron chi connectivity index (χ0n) is 5.93. The van der Waals surface area contributed by atoms with Crippen LogP contribution in [-0.4, -0.2) is 6.04 Å². The lowest BCUT2D eigenvalue weighted by molar-refractivity contribution is 0.528. The second-order valence-corrected chi connectivity index (χ2v) is 2.87. The van der Waals surface area contributed by atoms with Gasteiger partial charge in [-0.15, -0.1) is 0 Å². The Morgan fingerprint density at radius 2 is 2.33 bits per heavy atom. The Bertz CT molecular complexity index is 123. The van der Waals surface area contributed by atoms with E-state index in [1.807, 2.05) is 0 Å². The number of rotatable bonds is 1. The van der Waals surface area contributed by atoms with Crippen molar-refractivity contribution in [2.75, 3.05) is 0 Å². The van der Waals surface area contributed by atoms with Gasteiger partial charge in [0, 0.05) is 12.8 Å². The van der Waals surface area contributed by atoms with Gasteiger partial charge in [0.2, 0.25) is 6.04 Å². The van der Waals surface area contributed by atoms with Crippen LogP contribution in [0.3, 0.4) is 0 Å². The second-order valence-electron chi connectivity index (χ2n) is 2.87. The lowest BCUT2D eigenvalue weighted by atomic mass is 10.1. The summed E-state index contributed by atoms with van der Waals surface area (Å²) in [6.07, 6.45) is 4.89. The van der Waals surface area contributed by atoms with Crippen LogP contribution >= 0.6 is 0 Å². The van der Waals surface area contributed by atoms with Gasteiger partial charge in [0.25, 0.3) is 0 Å². The average Bonchev–Trinajstić information content (AvgIpc) is 2.34. The minimum atomic E-state index is 0.370. The van der Waals surface area contributed by atoms with E-state index in [0.29, 0.717) is 6.04 Å². The van der Waals surface area contributed by atoms with Crippen LogP contribution in [0.1, 0.15) is 32.6 Å². The van der Waals surface area contributed by atoms with Crippen LogP contribution in [0.15, 0.2) is 0 Å². The van der Waals surface area contributed by atoms with E-state index in [4.69, 9.17) is 6.57 Å². The molecule has 1 aliphatic rings. The summed E-state index contributed by atoms with van der Waals surface area (Å²) >= 11 is 0. The third-order valence-corrected chi connectivity index (χ3v) is 2.27. The molecule has 0 saturated heterocycles. The van der Waals surface area contributed by atoms with Crippen molar-refractivity contribution < 1.29 is 0 Å². The predicted molar refractivity (Wildman–Crippen MR) is 38.0 cm³/mol. The molecule has 0 heterocycles. The lowest BCUT2D eigenvalue weighted by Crippen LogP contribution is -1.94. The Hall–Kier alpha value is -0.510. The maximum atomic E-state index is 6.79. The van der Waals surface area contributed by atoms with Crippen molar-refractivity contribution in [2.45, 2.75) is 38.6 Å². The normalized spacial score (nSPS) is 34.2. The van der Waals surface area contributed by atoms with E-state index < -0.39 is 0 Å². The Balaban J connectivity index is 2.31. The minimum absolute atomic E-state index is 0.370. The Morgan fingerprint density at radius 3 is 2.67 bits per heavy atom. The highest BCUT2D eigenvalue weighted by molar-refractivity contribution is 4.87. The molecular formula is C8H13N. The molecule has 2 atom stereocenters. The van der Waals surface area contributed by atoms with Crippen LogP contribution < -0.4 is 0 Å². The standard InChI is InChI=1S/C8H13N/c1-3-7-4-5-8(6-7)9-2/h7-8H,3-6H2,1H3. The van der Waals surface area contributed by atoms with Gasteiger partial charge in [0.05, 0.1) is 0 Å². The fourth-order valence-electron chi connectivity index (χ4n) is 1.54. The first kappa shape index (κ1) is 6.61. The van der Waals surface area contributed by atoms with Crippen molar-refractivity contribution in [3.8, 4) is 0 Å². The molecule has 0 aromatic carbocycles. The van der Waals surface area contributed by atoms with Crippen molar-refractivity contribution in [3.05, 3.63) is 11.4 Å². The Labute approximate surface area is 56.9 Å². The van der Waals surface area contributed by atoms with Gasteiger partial charge < -0.3 is 4.85 Å². The largest absolute Gasteiger partial charge is 0.314 e. The SMILES string of the molecule is [C-]#[N+]C1CCC(CC)C1. The summed E-state index contributed by atoms with van der Waals surface area (Å²) in [6, 6.07) is 0.370. The fraction of sp³-hybridized carbons (Fsp3) is 0.875. The Morgan fingerprint density at radius 1 is 1.56 bits per heavy atom. The van der Waals surface area contributed by atoms with E-state index in [1.54, 1.807) is 0 Å². The smallest absolute Gasteiger partial charge is 0.224 e. The highest BCUT2D eigenvalue weighted by Gasteiger charge is 2.26. The summed E-state index contributed by atoms with van der Waals surface area (Å²) in [5, 5.41) is 0. The first-order valence-corrected chi connectivity index (χ1v) is 3.73. The minimum Gasteiger partial charge on any atom is -0.314 e. The van der Waals surface area contributed by atoms with Crippen molar-refractivity contribution in [1.82, 2.24) is 0 Å². The van der Waals surface area contributed by atoms with Crippen LogP contribution in [0.4, 0.5) is 0 Å². The van der Waals surface area contributed by atoms with Gasteiger partial charge in [-0.2, -0.15) is 0 Å². The van der Waals surface area contributed by atoms with Crippen molar-refractivity contribution in [2.24, 2.45) is 5.92 Å². The molecule has 0 amide bonds. The van der Waals surface area contributed by atoms with Gasteiger partial charge in [-0.25, -0.2) is 6.57 Å². The maximum absolute atomic E-state index is 6.79. The molecule has 2 unspecified atom stereocenters. The monoisotopic (exact) mass is 123 g/mol. The van der Waals surface area contributed by atoms with E-state index in [-0.39, 0.29) is 0 Å². The highest BCUT2D eigenvalue weighted by atomic mass is 14.7. The van der Waals surface area contributed by atoms with Crippen LogP contribution in [0.25, 0.3) is 4.85 Å². The summed E-state index contributed by atoms with van der Waals surface area (Å²) in [5.74, 6) is 0.865. The molecule has 9 heavy (non-hydrogen) atoms. The van der Waals surface area contributed by atoms with E-state index in [1.165, 1.54) is 19.3 Å². The summed E-state index contributed by atoms with van der Waals surface area (Å²) in [4.78, 5) is 3.54. The lowest BCUT2D eigenvalue weighted by Gasteiger charge is -1.99. The number of hydrogen-bond acceptors (Lipinski definition) is 0. The highest BCUT2D eigenvalue weighted by Crippen LogP contribution is 2.29. The first-order chi connectivity index (χ1) is 4.36. The predicted octanol–water partition coefficient (Wildman–Crippen LogP) is 2.48. The van der Waals surface area contributed by atoms with E-state index in [0.717, 1.165) is 12.3 Å². The van der Waals surface area contributed by atoms with Crippen molar-refractivity contribution in [3.63, 3.8) is 0 Å². The quantitative estimate of drug-likeness (QED) is 0.472. The molecular weight excluding hydrogens is 110 g/mol. The number of hydrogen-bond donors (Lipinski definition) is 0. The summed E-state index contributed by atoms with van der Waals surface area (Å²) < 4.78 is 0. The molecule has 0 aliphatic heterocycles. The molecule has 0 aromatic heterocycles. The molecule has 0 aromatic rings. The summed E-state index contributed by atoms with van der Waals surface area (Å²) in [5.41, 5.74) is 0. The summed E-state index contributed by atoms with van der Waals surface area (Å²) in [7, 11) is 0. The van der Waals surface area contributed by atoms with Gasteiger partial charge in [0.1, 0.15) is 0 Å². The zero-order chi connectivity index (χ0) is 6.69. The van der Waals surface area contributed by atoms with Crippen LogP contribution in [0.2, 0.25) is 0 Å². The molecule has 1 heteroatoms. The van der Waals surface area contributed by atoms with Gasteiger partial charge in [-0.05, 0) is 12.3 Å². The van der Waals surface area contributed by atoms with Crippen LogP contribution in [0, 0.1) is 12.5 Å². The molecule has 0 spiro atoms. The van der Waals surface area contributed by atoms with Gasteiger partial charge in [-0.3, -0.25) is 0 Å². The molecule has 1 nitrogen and oxygen atoms in total. The van der Waals surface area contributed by atoms with Gasteiger partial charge in [-0.1, -0.05) is 13.3 Å². The van der Waals surface area contributed by atoms with Gasteiger partial charge in [0.15, 0.2) is 0 Å². The number of nitrogens with zero attached hydrogens (tertiary/aromatic N) is 1. The molecule has 0 bridgehead atoms. The molecule has 1 fully saturated rings. The third-order valence-electron chi connectivity index (χ3n) is 2.27. The van der Waals surface area contributed by atoms with Crippen molar-refractivity contribution >= 4 is 0 Å². The Kier molecular flexibility index (Phi) is 2.10. The third kappa shape index (κ3) is 1.45. The van der Waals surface area contributed by atoms with Crippen LogP contribution in [0.5, 0.6) is 0 Å². The topological polar surface area (TPSA) is 4.36 Å². The molecule has 1 rings (SSSR count). The van der Waals surface area contributed by atoms with E-state index >= 15 is 0 Å². The van der Waals surface area contributed by atoms with Crippen molar-refractivity contribution in [1.29, 1.82) is 0 Å². The second kappa shape index (κ2) is 2.87. The fourth-order valence-corrected chi connectivity index (χ4v) is 1.54. The average molecular weight is 123 g/mol. The zero-order valence-corrected chi connectivity index (χ0v) is 5.93. The molecule has 50 valence electrons.